The number of para-hydroxylation sites is 1. The molecule has 142 valence electrons. The van der Waals surface area contributed by atoms with Gasteiger partial charge < -0.3 is 10.6 Å². The number of hydrogen-bond donors (Lipinski definition) is 3. The number of carbonyl (C=O) groups excluding carboxylic acids is 2. The molecule has 28 heavy (non-hydrogen) atoms. The molecule has 0 fully saturated rings. The van der Waals surface area contributed by atoms with Gasteiger partial charge in [0.1, 0.15) is 6.04 Å². The zero-order valence-electron chi connectivity index (χ0n) is 15.8. The Kier molecular flexibility index (Phi) is 6.54. The molecule has 5 nitrogen and oxygen atoms in total. The third-order valence-corrected chi connectivity index (χ3v) is 4.42. The number of anilines is 1. The second kappa shape index (κ2) is 9.48. The smallest absolute Gasteiger partial charge is 0.326 e. The SMILES string of the molecule is Cc1ccc([C@H]([NH2+]CC(=O)NC(=O)Nc2ccccc2)c2ccccc2)cc1. The molecule has 0 aliphatic rings. The molecule has 4 N–H and O–H groups in total. The molecule has 0 aliphatic carbocycles. The second-order valence-corrected chi connectivity index (χ2v) is 6.61. The predicted molar refractivity (Wildman–Crippen MR) is 110 cm³/mol. The standard InChI is InChI=1S/C23H23N3O2/c1-17-12-14-19(15-13-17)22(18-8-4-2-5-9-18)24-16-21(27)26-23(28)25-20-10-6-3-7-11-20/h2-15,22,24H,16H2,1H3,(H2,25,26,27,28)/p+1/t22-/m1/s1. The molecule has 3 aromatic rings. The number of urea groups is 1. The number of hydrogen-bond acceptors (Lipinski definition) is 2. The van der Waals surface area contributed by atoms with E-state index in [0.717, 1.165) is 11.1 Å². The zero-order chi connectivity index (χ0) is 19.8. The second-order valence-electron chi connectivity index (χ2n) is 6.61. The van der Waals surface area contributed by atoms with Crippen molar-refractivity contribution in [3.8, 4) is 0 Å². The van der Waals surface area contributed by atoms with Gasteiger partial charge in [-0.3, -0.25) is 10.1 Å². The predicted octanol–water partition coefficient (Wildman–Crippen LogP) is 3.00. The van der Waals surface area contributed by atoms with Gasteiger partial charge in [-0.2, -0.15) is 0 Å². The maximum atomic E-state index is 12.3. The van der Waals surface area contributed by atoms with Crippen molar-refractivity contribution in [3.63, 3.8) is 0 Å². The Bertz CT molecular complexity index is 910. The highest BCUT2D eigenvalue weighted by Crippen LogP contribution is 2.18. The maximum Gasteiger partial charge on any atom is 0.326 e. The highest BCUT2D eigenvalue weighted by atomic mass is 16.2. The van der Waals surface area contributed by atoms with Gasteiger partial charge in [0.15, 0.2) is 6.54 Å². The van der Waals surface area contributed by atoms with Gasteiger partial charge in [0.05, 0.1) is 0 Å². The molecular weight excluding hydrogens is 350 g/mol. The van der Waals surface area contributed by atoms with E-state index in [2.05, 4.69) is 34.9 Å². The minimum absolute atomic E-state index is 0.0234. The average molecular weight is 374 g/mol. The number of quaternary nitrogens is 1. The van der Waals surface area contributed by atoms with E-state index in [4.69, 9.17) is 0 Å². The number of imide groups is 1. The molecular formula is C23H24N3O2+. The number of nitrogens with two attached hydrogens (primary N) is 1. The van der Waals surface area contributed by atoms with E-state index < -0.39 is 6.03 Å². The fourth-order valence-corrected chi connectivity index (χ4v) is 2.99. The first-order valence-corrected chi connectivity index (χ1v) is 9.22. The monoisotopic (exact) mass is 374 g/mol. The third-order valence-electron chi connectivity index (χ3n) is 4.42. The van der Waals surface area contributed by atoms with Gasteiger partial charge in [0.25, 0.3) is 5.91 Å². The Morgan fingerprint density at radius 2 is 1.39 bits per heavy atom. The summed E-state index contributed by atoms with van der Waals surface area (Å²) in [5, 5.41) is 6.96. The van der Waals surface area contributed by atoms with Crippen molar-refractivity contribution in [3.05, 3.63) is 102 Å². The van der Waals surface area contributed by atoms with Gasteiger partial charge in [0, 0.05) is 16.8 Å². The molecule has 0 aliphatic heterocycles. The number of nitrogens with one attached hydrogen (secondary N) is 2. The largest absolute Gasteiger partial charge is 0.328 e. The highest BCUT2D eigenvalue weighted by molar-refractivity contribution is 6.01. The van der Waals surface area contributed by atoms with Crippen LogP contribution in [-0.4, -0.2) is 18.5 Å². The van der Waals surface area contributed by atoms with Crippen LogP contribution in [0.1, 0.15) is 22.7 Å². The van der Waals surface area contributed by atoms with Crippen LogP contribution in [0.25, 0.3) is 0 Å². The number of carbonyl (C=O) groups is 2. The Hall–Kier alpha value is -3.44. The lowest BCUT2D eigenvalue weighted by Gasteiger charge is -2.16. The highest BCUT2D eigenvalue weighted by Gasteiger charge is 2.19. The molecule has 0 spiro atoms. The number of rotatable bonds is 6. The first kappa shape index (κ1) is 19.3. The molecule has 3 rings (SSSR count). The van der Waals surface area contributed by atoms with Crippen LogP contribution in [0.15, 0.2) is 84.9 Å². The van der Waals surface area contributed by atoms with Crippen LogP contribution in [0, 0.1) is 6.92 Å². The summed E-state index contributed by atoms with van der Waals surface area (Å²) in [7, 11) is 0. The normalized spacial score (nSPS) is 11.5. The average Bonchev–Trinajstić information content (AvgIpc) is 2.71. The maximum absolute atomic E-state index is 12.3. The van der Waals surface area contributed by atoms with Gasteiger partial charge in [0.2, 0.25) is 0 Å². The van der Waals surface area contributed by atoms with Crippen molar-refractivity contribution in [1.29, 1.82) is 0 Å². The summed E-state index contributed by atoms with van der Waals surface area (Å²) in [6.45, 7) is 2.18. The summed E-state index contributed by atoms with van der Waals surface area (Å²) < 4.78 is 0. The van der Waals surface area contributed by atoms with Crippen molar-refractivity contribution in [1.82, 2.24) is 5.32 Å². The zero-order valence-corrected chi connectivity index (χ0v) is 15.8. The lowest BCUT2D eigenvalue weighted by Crippen LogP contribution is -2.87. The van der Waals surface area contributed by atoms with Crippen molar-refractivity contribution in [2.45, 2.75) is 13.0 Å². The van der Waals surface area contributed by atoms with Crippen LogP contribution >= 0.6 is 0 Å². The molecule has 0 saturated heterocycles. The van der Waals surface area contributed by atoms with Crippen LogP contribution in [0.2, 0.25) is 0 Å². The van der Waals surface area contributed by atoms with E-state index in [1.807, 2.05) is 60.8 Å². The number of aryl methyl sites for hydroxylation is 1. The Labute approximate surface area is 164 Å². The first-order chi connectivity index (χ1) is 13.6. The molecule has 0 radical (unpaired) electrons. The van der Waals surface area contributed by atoms with Gasteiger partial charge in [-0.1, -0.05) is 78.4 Å². The van der Waals surface area contributed by atoms with Crippen molar-refractivity contribution < 1.29 is 14.9 Å². The summed E-state index contributed by atoms with van der Waals surface area (Å²) in [6.07, 6.45) is 0. The quantitative estimate of drug-likeness (QED) is 0.620. The Morgan fingerprint density at radius 1 is 0.821 bits per heavy atom. The van der Waals surface area contributed by atoms with E-state index >= 15 is 0 Å². The van der Waals surface area contributed by atoms with Gasteiger partial charge >= 0.3 is 6.03 Å². The van der Waals surface area contributed by atoms with Crippen molar-refractivity contribution in [2.75, 3.05) is 11.9 Å². The molecule has 5 heteroatoms. The van der Waals surface area contributed by atoms with Crippen LogP contribution < -0.4 is 16.0 Å². The summed E-state index contributed by atoms with van der Waals surface area (Å²) in [6, 6.07) is 26.8. The van der Waals surface area contributed by atoms with E-state index in [9.17, 15) is 9.59 Å². The minimum atomic E-state index is -0.531. The summed E-state index contributed by atoms with van der Waals surface area (Å²) in [5.74, 6) is -0.346. The summed E-state index contributed by atoms with van der Waals surface area (Å²) >= 11 is 0. The van der Waals surface area contributed by atoms with E-state index in [1.54, 1.807) is 12.1 Å². The molecule has 1 atom stereocenters. The summed E-state index contributed by atoms with van der Waals surface area (Å²) in [5.41, 5.74) is 4.04. The van der Waals surface area contributed by atoms with Gasteiger partial charge in [-0.25, -0.2) is 4.79 Å². The molecule has 0 bridgehead atoms. The van der Waals surface area contributed by atoms with Crippen LogP contribution in [0.3, 0.4) is 0 Å². The van der Waals surface area contributed by atoms with Crippen molar-refractivity contribution in [2.24, 2.45) is 0 Å². The minimum Gasteiger partial charge on any atom is -0.328 e. The molecule has 3 amide bonds. The van der Waals surface area contributed by atoms with Gasteiger partial charge in [-0.05, 0) is 19.1 Å². The molecule has 3 aromatic carbocycles. The molecule has 0 aromatic heterocycles. The van der Waals surface area contributed by atoms with E-state index in [0.29, 0.717) is 5.69 Å². The fourth-order valence-electron chi connectivity index (χ4n) is 2.99. The van der Waals surface area contributed by atoms with Crippen molar-refractivity contribution >= 4 is 17.6 Å². The topological polar surface area (TPSA) is 74.8 Å². The van der Waals surface area contributed by atoms with Crippen LogP contribution in [0.5, 0.6) is 0 Å². The van der Waals surface area contributed by atoms with E-state index in [1.165, 1.54) is 5.56 Å². The Balaban J connectivity index is 1.62. The first-order valence-electron chi connectivity index (χ1n) is 9.22. The molecule has 0 heterocycles. The number of amides is 3. The van der Waals surface area contributed by atoms with Crippen LogP contribution in [-0.2, 0) is 4.79 Å². The van der Waals surface area contributed by atoms with Gasteiger partial charge in [-0.15, -0.1) is 0 Å². The lowest BCUT2D eigenvalue weighted by molar-refractivity contribution is -0.676. The molecule has 0 unspecified atom stereocenters. The lowest BCUT2D eigenvalue weighted by atomic mass is 9.98. The van der Waals surface area contributed by atoms with Crippen LogP contribution in [0.4, 0.5) is 10.5 Å². The third kappa shape index (κ3) is 5.53. The van der Waals surface area contributed by atoms with E-state index in [-0.39, 0.29) is 18.5 Å². The molecule has 0 saturated carbocycles. The summed E-state index contributed by atoms with van der Waals surface area (Å²) in [4.78, 5) is 24.2. The number of benzene rings is 3. The Morgan fingerprint density at radius 3 is 2.04 bits per heavy atom. The fraction of sp³-hybridized carbons (Fsp3) is 0.130.